The van der Waals surface area contributed by atoms with Crippen molar-refractivity contribution in [2.75, 3.05) is 7.11 Å². The van der Waals surface area contributed by atoms with E-state index in [4.69, 9.17) is 4.74 Å². The average molecular weight is 252 g/mol. The summed E-state index contributed by atoms with van der Waals surface area (Å²) >= 11 is 0. The molecule has 0 atom stereocenters. The van der Waals surface area contributed by atoms with Gasteiger partial charge in [-0.25, -0.2) is 0 Å². The molecule has 1 aliphatic rings. The van der Waals surface area contributed by atoms with E-state index in [0.717, 1.165) is 19.3 Å². The van der Waals surface area contributed by atoms with Crippen LogP contribution in [0, 0.1) is 0 Å². The van der Waals surface area contributed by atoms with Gasteiger partial charge in [0.15, 0.2) is 0 Å². The highest BCUT2D eigenvalue weighted by Gasteiger charge is 2.37. The Hall–Kier alpha value is -1.60. The first kappa shape index (κ1) is 12.4. The van der Waals surface area contributed by atoms with E-state index in [2.05, 4.69) is 55.5 Å². The van der Waals surface area contributed by atoms with Crippen molar-refractivity contribution in [1.29, 1.82) is 0 Å². The highest BCUT2D eigenvalue weighted by Crippen LogP contribution is 2.42. The fraction of sp³-hybridized carbons (Fsp3) is 0.333. The van der Waals surface area contributed by atoms with Gasteiger partial charge >= 0.3 is 0 Å². The standard InChI is InChI=1S/C18H20O/c1-3-18(19-2)16-10-6-4-8-14(16)12-13-15-9-5-7-11-17(15)18/h4-11H,3,12-13H2,1-2H3. The summed E-state index contributed by atoms with van der Waals surface area (Å²) in [7, 11) is 1.84. The fourth-order valence-corrected chi connectivity index (χ4v) is 3.42. The van der Waals surface area contributed by atoms with Crippen LogP contribution in [-0.2, 0) is 23.2 Å². The van der Waals surface area contributed by atoms with Gasteiger partial charge in [0.2, 0.25) is 0 Å². The molecule has 0 heterocycles. The van der Waals surface area contributed by atoms with E-state index in [1.807, 2.05) is 7.11 Å². The summed E-state index contributed by atoms with van der Waals surface area (Å²) in [6.45, 7) is 2.21. The number of aryl methyl sites for hydroxylation is 2. The van der Waals surface area contributed by atoms with Gasteiger partial charge in [-0.3, -0.25) is 0 Å². The molecule has 0 aliphatic heterocycles. The van der Waals surface area contributed by atoms with Gasteiger partial charge in [-0.05, 0) is 41.5 Å². The molecule has 3 rings (SSSR count). The molecular weight excluding hydrogens is 232 g/mol. The molecule has 1 nitrogen and oxygen atoms in total. The molecule has 0 saturated carbocycles. The maximum atomic E-state index is 6.06. The van der Waals surface area contributed by atoms with Crippen LogP contribution in [-0.4, -0.2) is 7.11 Å². The zero-order valence-electron chi connectivity index (χ0n) is 11.6. The number of hydrogen-bond donors (Lipinski definition) is 0. The van der Waals surface area contributed by atoms with Gasteiger partial charge in [0.25, 0.3) is 0 Å². The van der Waals surface area contributed by atoms with Crippen LogP contribution in [0.3, 0.4) is 0 Å². The average Bonchev–Trinajstić information content (AvgIpc) is 2.62. The van der Waals surface area contributed by atoms with Crippen LogP contribution in [0.2, 0.25) is 0 Å². The van der Waals surface area contributed by atoms with E-state index in [1.54, 1.807) is 0 Å². The molecule has 0 spiro atoms. The van der Waals surface area contributed by atoms with Gasteiger partial charge in [0, 0.05) is 7.11 Å². The fourth-order valence-electron chi connectivity index (χ4n) is 3.42. The third-order valence-corrected chi connectivity index (χ3v) is 4.41. The van der Waals surface area contributed by atoms with Crippen LogP contribution in [0.25, 0.3) is 0 Å². The van der Waals surface area contributed by atoms with Crippen LogP contribution >= 0.6 is 0 Å². The molecule has 0 N–H and O–H groups in total. The predicted octanol–water partition coefficient (Wildman–Crippen LogP) is 4.09. The Bertz CT molecular complexity index is 532. The van der Waals surface area contributed by atoms with Crippen LogP contribution in [0.5, 0.6) is 0 Å². The molecule has 0 aromatic heterocycles. The Morgan fingerprint density at radius 3 is 1.79 bits per heavy atom. The minimum atomic E-state index is -0.288. The van der Waals surface area contributed by atoms with E-state index < -0.39 is 0 Å². The monoisotopic (exact) mass is 252 g/mol. The molecular formula is C18H20O. The zero-order chi connectivity index (χ0) is 13.3. The molecule has 0 fully saturated rings. The summed E-state index contributed by atoms with van der Waals surface area (Å²) in [5.41, 5.74) is 5.23. The predicted molar refractivity (Wildman–Crippen MR) is 78.4 cm³/mol. The van der Waals surface area contributed by atoms with Gasteiger partial charge in [-0.2, -0.15) is 0 Å². The molecule has 19 heavy (non-hydrogen) atoms. The SMILES string of the molecule is CCC1(OC)c2ccccc2CCc2ccccc21. The summed E-state index contributed by atoms with van der Waals surface area (Å²) in [5, 5.41) is 0. The van der Waals surface area contributed by atoms with Gasteiger partial charge < -0.3 is 4.74 Å². The second-order valence-electron chi connectivity index (χ2n) is 5.20. The largest absolute Gasteiger partial charge is 0.369 e. The molecule has 0 amide bonds. The number of methoxy groups -OCH3 is 1. The van der Waals surface area contributed by atoms with Crippen LogP contribution < -0.4 is 0 Å². The molecule has 2 aromatic rings. The van der Waals surface area contributed by atoms with E-state index in [-0.39, 0.29) is 5.60 Å². The van der Waals surface area contributed by atoms with Crippen LogP contribution in [0.1, 0.15) is 35.6 Å². The molecule has 1 aliphatic carbocycles. The Morgan fingerprint density at radius 1 is 0.895 bits per heavy atom. The maximum absolute atomic E-state index is 6.06. The highest BCUT2D eigenvalue weighted by atomic mass is 16.5. The van der Waals surface area contributed by atoms with Crippen LogP contribution in [0.15, 0.2) is 48.5 Å². The van der Waals surface area contributed by atoms with Crippen molar-refractivity contribution in [3.8, 4) is 0 Å². The topological polar surface area (TPSA) is 9.23 Å². The highest BCUT2D eigenvalue weighted by molar-refractivity contribution is 5.47. The first-order valence-electron chi connectivity index (χ1n) is 7.03. The van der Waals surface area contributed by atoms with E-state index in [1.165, 1.54) is 22.3 Å². The lowest BCUT2D eigenvalue weighted by Crippen LogP contribution is -2.30. The van der Waals surface area contributed by atoms with Crippen molar-refractivity contribution in [1.82, 2.24) is 0 Å². The number of fused-ring (bicyclic) bond motifs is 2. The molecule has 0 unspecified atom stereocenters. The Balaban J connectivity index is 2.31. The van der Waals surface area contributed by atoms with Crippen molar-refractivity contribution in [2.45, 2.75) is 31.8 Å². The first-order valence-corrected chi connectivity index (χ1v) is 7.03. The van der Waals surface area contributed by atoms with Crippen molar-refractivity contribution in [2.24, 2.45) is 0 Å². The van der Waals surface area contributed by atoms with Gasteiger partial charge in [0.05, 0.1) is 0 Å². The number of rotatable bonds is 2. The second kappa shape index (κ2) is 4.82. The Morgan fingerprint density at radius 2 is 1.37 bits per heavy atom. The summed E-state index contributed by atoms with van der Waals surface area (Å²) < 4.78 is 6.06. The minimum Gasteiger partial charge on any atom is -0.369 e. The van der Waals surface area contributed by atoms with Gasteiger partial charge in [-0.15, -0.1) is 0 Å². The van der Waals surface area contributed by atoms with Crippen molar-refractivity contribution >= 4 is 0 Å². The second-order valence-corrected chi connectivity index (χ2v) is 5.20. The summed E-state index contributed by atoms with van der Waals surface area (Å²) in [6.07, 6.45) is 3.15. The number of hydrogen-bond acceptors (Lipinski definition) is 1. The minimum absolute atomic E-state index is 0.288. The molecule has 0 saturated heterocycles. The smallest absolute Gasteiger partial charge is 0.118 e. The quantitative estimate of drug-likeness (QED) is 0.782. The number of benzene rings is 2. The lowest BCUT2D eigenvalue weighted by molar-refractivity contribution is 0.0181. The summed E-state index contributed by atoms with van der Waals surface area (Å²) in [6, 6.07) is 17.4. The van der Waals surface area contributed by atoms with Crippen molar-refractivity contribution < 1.29 is 4.74 Å². The summed E-state index contributed by atoms with van der Waals surface area (Å²) in [4.78, 5) is 0. The van der Waals surface area contributed by atoms with Crippen LogP contribution in [0.4, 0.5) is 0 Å². The normalized spacial score (nSPS) is 16.3. The molecule has 2 aromatic carbocycles. The lowest BCUT2D eigenvalue weighted by atomic mass is 9.81. The third kappa shape index (κ3) is 1.81. The third-order valence-electron chi connectivity index (χ3n) is 4.41. The molecule has 98 valence electrons. The first-order chi connectivity index (χ1) is 9.31. The van der Waals surface area contributed by atoms with E-state index in [0.29, 0.717) is 0 Å². The van der Waals surface area contributed by atoms with E-state index in [9.17, 15) is 0 Å². The Labute approximate surface area is 115 Å². The zero-order valence-corrected chi connectivity index (χ0v) is 11.6. The van der Waals surface area contributed by atoms with Crippen molar-refractivity contribution in [3.05, 3.63) is 70.8 Å². The summed E-state index contributed by atoms with van der Waals surface area (Å²) in [5.74, 6) is 0. The molecule has 0 radical (unpaired) electrons. The van der Waals surface area contributed by atoms with Crippen molar-refractivity contribution in [3.63, 3.8) is 0 Å². The lowest BCUT2D eigenvalue weighted by Gasteiger charge is -2.34. The van der Waals surface area contributed by atoms with Gasteiger partial charge in [-0.1, -0.05) is 55.5 Å². The molecule has 0 bridgehead atoms. The van der Waals surface area contributed by atoms with E-state index >= 15 is 0 Å². The number of ether oxygens (including phenoxy) is 1. The molecule has 1 heteroatoms. The maximum Gasteiger partial charge on any atom is 0.118 e. The van der Waals surface area contributed by atoms with Gasteiger partial charge in [0.1, 0.15) is 5.60 Å². The Kier molecular flexibility index (Phi) is 3.16.